The third-order valence-corrected chi connectivity index (χ3v) is 6.02. The molecule has 4 heterocycles. The molecule has 0 atom stereocenters. The molecular formula is C26H24N6O. The van der Waals surface area contributed by atoms with E-state index in [1.54, 1.807) is 12.4 Å². The van der Waals surface area contributed by atoms with E-state index in [1.165, 1.54) is 5.56 Å². The zero-order chi connectivity index (χ0) is 22.0. The molecule has 0 spiro atoms. The summed E-state index contributed by atoms with van der Waals surface area (Å²) in [5, 5.41) is 0. The van der Waals surface area contributed by atoms with Gasteiger partial charge in [-0.15, -0.1) is 0 Å². The van der Waals surface area contributed by atoms with E-state index in [9.17, 15) is 0 Å². The number of fused-ring (bicyclic) bond motifs is 1. The molecule has 1 aliphatic rings. The van der Waals surface area contributed by atoms with Crippen molar-refractivity contribution in [3.8, 4) is 28.5 Å². The second kappa shape index (κ2) is 8.61. The number of hydrogen-bond donors (Lipinski definition) is 0. The molecule has 3 aromatic heterocycles. The number of rotatable bonds is 5. The molecule has 0 unspecified atom stereocenters. The first-order chi connectivity index (χ1) is 16.3. The van der Waals surface area contributed by atoms with Crippen molar-refractivity contribution in [2.24, 2.45) is 0 Å². The molecule has 0 aliphatic carbocycles. The Kier molecular flexibility index (Phi) is 5.18. The van der Waals surface area contributed by atoms with Crippen LogP contribution in [0.5, 0.6) is 0 Å². The molecule has 1 fully saturated rings. The van der Waals surface area contributed by atoms with Crippen LogP contribution in [0.1, 0.15) is 5.56 Å². The van der Waals surface area contributed by atoms with Gasteiger partial charge in [-0.25, -0.2) is 15.0 Å². The fourth-order valence-corrected chi connectivity index (χ4v) is 4.29. The summed E-state index contributed by atoms with van der Waals surface area (Å²) in [4.78, 5) is 16.6. The van der Waals surface area contributed by atoms with Crippen LogP contribution in [0.25, 0.3) is 34.1 Å². The second-order valence-electron chi connectivity index (χ2n) is 8.18. The van der Waals surface area contributed by atoms with Crippen LogP contribution < -0.4 is 0 Å². The Morgan fingerprint density at radius 1 is 0.818 bits per heavy atom. The lowest BCUT2D eigenvalue weighted by Crippen LogP contribution is -2.35. The summed E-state index contributed by atoms with van der Waals surface area (Å²) in [6, 6.07) is 18.8. The van der Waals surface area contributed by atoms with E-state index in [0.717, 1.165) is 67.0 Å². The highest BCUT2D eigenvalue weighted by Gasteiger charge is 2.16. The lowest BCUT2D eigenvalue weighted by molar-refractivity contribution is 0.0342. The Morgan fingerprint density at radius 3 is 2.42 bits per heavy atom. The average molecular weight is 437 g/mol. The predicted octanol–water partition coefficient (Wildman–Crippen LogP) is 4.08. The molecule has 1 saturated heterocycles. The number of nitrogens with zero attached hydrogens (tertiary/aromatic N) is 6. The fraction of sp³-hybridized carbons (Fsp3) is 0.192. The van der Waals surface area contributed by atoms with E-state index >= 15 is 0 Å². The Balaban J connectivity index is 1.37. The number of hydrogen-bond acceptors (Lipinski definition) is 5. The van der Waals surface area contributed by atoms with Crippen LogP contribution in [0.2, 0.25) is 0 Å². The Hall–Kier alpha value is -3.81. The summed E-state index contributed by atoms with van der Waals surface area (Å²) < 4.78 is 9.49. The summed E-state index contributed by atoms with van der Waals surface area (Å²) in [6.45, 7) is 4.54. The normalized spacial score (nSPS) is 14.7. The highest BCUT2D eigenvalue weighted by molar-refractivity contribution is 5.68. The average Bonchev–Trinajstić information content (AvgIpc) is 3.55. The van der Waals surface area contributed by atoms with Gasteiger partial charge in [0.15, 0.2) is 11.5 Å². The highest BCUT2D eigenvalue weighted by atomic mass is 16.5. The molecule has 0 radical (unpaired) electrons. The standard InChI is InChI=1S/C26H24N6O/c1-2-4-22(5-3-1)24-27-11-13-32(24)26-25-28-10-12-31(25)19-23(29-26)21-8-6-20(7-9-21)18-30-14-16-33-17-15-30/h1-13,19H,14-18H2. The molecule has 33 heavy (non-hydrogen) atoms. The van der Waals surface area contributed by atoms with E-state index in [0.29, 0.717) is 0 Å². The summed E-state index contributed by atoms with van der Waals surface area (Å²) in [7, 11) is 0. The number of morpholine rings is 1. The van der Waals surface area contributed by atoms with Crippen LogP contribution in [0, 0.1) is 0 Å². The molecule has 0 saturated carbocycles. The van der Waals surface area contributed by atoms with E-state index in [2.05, 4.69) is 51.3 Å². The molecule has 0 bridgehead atoms. The largest absolute Gasteiger partial charge is 0.379 e. The molecule has 7 nitrogen and oxygen atoms in total. The first kappa shape index (κ1) is 19.8. The van der Waals surface area contributed by atoms with Gasteiger partial charge in [0.25, 0.3) is 0 Å². The quantitative estimate of drug-likeness (QED) is 0.416. The molecule has 7 heteroatoms. The molecule has 5 aromatic rings. The van der Waals surface area contributed by atoms with Gasteiger partial charge in [-0.2, -0.15) is 0 Å². The van der Waals surface area contributed by atoms with Crippen molar-refractivity contribution in [1.29, 1.82) is 0 Å². The monoisotopic (exact) mass is 436 g/mol. The maximum Gasteiger partial charge on any atom is 0.183 e. The lowest BCUT2D eigenvalue weighted by Gasteiger charge is -2.26. The summed E-state index contributed by atoms with van der Waals surface area (Å²) >= 11 is 0. The van der Waals surface area contributed by atoms with E-state index in [1.807, 2.05) is 45.8 Å². The number of aromatic nitrogens is 5. The van der Waals surface area contributed by atoms with E-state index in [4.69, 9.17) is 9.72 Å². The van der Waals surface area contributed by atoms with Crippen molar-refractivity contribution in [3.05, 3.63) is 91.1 Å². The summed E-state index contributed by atoms with van der Waals surface area (Å²) in [6.07, 6.45) is 9.53. The van der Waals surface area contributed by atoms with Crippen LogP contribution in [0.15, 0.2) is 85.6 Å². The zero-order valence-corrected chi connectivity index (χ0v) is 18.2. The van der Waals surface area contributed by atoms with Crippen LogP contribution in [0.4, 0.5) is 0 Å². The molecule has 6 rings (SSSR count). The van der Waals surface area contributed by atoms with E-state index in [-0.39, 0.29) is 0 Å². The lowest BCUT2D eigenvalue weighted by atomic mass is 10.1. The number of benzene rings is 2. The van der Waals surface area contributed by atoms with Crippen LogP contribution in [-0.2, 0) is 11.3 Å². The minimum Gasteiger partial charge on any atom is -0.379 e. The van der Waals surface area contributed by atoms with Crippen molar-refractivity contribution in [3.63, 3.8) is 0 Å². The van der Waals surface area contributed by atoms with Gasteiger partial charge in [0, 0.05) is 61.7 Å². The van der Waals surface area contributed by atoms with Gasteiger partial charge in [0.05, 0.1) is 18.9 Å². The molecule has 164 valence electrons. The van der Waals surface area contributed by atoms with Crippen LogP contribution >= 0.6 is 0 Å². The number of imidazole rings is 2. The van der Waals surface area contributed by atoms with Crippen LogP contribution in [0.3, 0.4) is 0 Å². The molecule has 2 aromatic carbocycles. The first-order valence-electron chi connectivity index (χ1n) is 11.2. The van der Waals surface area contributed by atoms with Crippen molar-refractivity contribution >= 4 is 5.65 Å². The third-order valence-electron chi connectivity index (χ3n) is 6.02. The maximum absolute atomic E-state index is 5.46. The van der Waals surface area contributed by atoms with Gasteiger partial charge in [-0.05, 0) is 5.56 Å². The Bertz CT molecular complexity index is 1370. The predicted molar refractivity (Wildman–Crippen MR) is 127 cm³/mol. The SMILES string of the molecule is c1ccc(-c2nccn2-c2nc(-c3ccc(CN4CCOCC4)cc3)cn3ccnc23)cc1. The smallest absolute Gasteiger partial charge is 0.183 e. The first-order valence-corrected chi connectivity index (χ1v) is 11.2. The number of ether oxygens (including phenoxy) is 1. The van der Waals surface area contributed by atoms with Gasteiger partial charge in [0.2, 0.25) is 0 Å². The Morgan fingerprint density at radius 2 is 1.61 bits per heavy atom. The molecule has 0 N–H and O–H groups in total. The van der Waals surface area contributed by atoms with Crippen molar-refractivity contribution in [2.75, 3.05) is 26.3 Å². The van der Waals surface area contributed by atoms with Gasteiger partial charge in [0.1, 0.15) is 5.82 Å². The van der Waals surface area contributed by atoms with Gasteiger partial charge >= 0.3 is 0 Å². The Labute approximate surface area is 191 Å². The maximum atomic E-state index is 5.46. The zero-order valence-electron chi connectivity index (χ0n) is 18.2. The fourth-order valence-electron chi connectivity index (χ4n) is 4.29. The van der Waals surface area contributed by atoms with Gasteiger partial charge in [-0.3, -0.25) is 9.47 Å². The second-order valence-corrected chi connectivity index (χ2v) is 8.18. The minimum absolute atomic E-state index is 0.756. The highest BCUT2D eigenvalue weighted by Crippen LogP contribution is 2.26. The molecular weight excluding hydrogens is 412 g/mol. The van der Waals surface area contributed by atoms with Gasteiger partial charge < -0.3 is 9.14 Å². The van der Waals surface area contributed by atoms with E-state index < -0.39 is 0 Å². The summed E-state index contributed by atoms with van der Waals surface area (Å²) in [5.41, 5.74) is 5.08. The summed E-state index contributed by atoms with van der Waals surface area (Å²) in [5.74, 6) is 1.59. The van der Waals surface area contributed by atoms with Gasteiger partial charge in [-0.1, -0.05) is 54.6 Å². The molecule has 0 amide bonds. The van der Waals surface area contributed by atoms with Crippen molar-refractivity contribution in [2.45, 2.75) is 6.54 Å². The minimum atomic E-state index is 0.756. The molecule has 1 aliphatic heterocycles. The van der Waals surface area contributed by atoms with Crippen LogP contribution in [-0.4, -0.2) is 55.1 Å². The third kappa shape index (κ3) is 3.92. The topological polar surface area (TPSA) is 60.5 Å². The van der Waals surface area contributed by atoms with Crippen molar-refractivity contribution < 1.29 is 4.74 Å². The van der Waals surface area contributed by atoms with Crippen molar-refractivity contribution in [1.82, 2.24) is 28.8 Å².